The summed E-state index contributed by atoms with van der Waals surface area (Å²) in [6.45, 7) is 5.42. The van der Waals surface area contributed by atoms with Gasteiger partial charge in [-0.1, -0.05) is 30.8 Å². The molecule has 0 atom stereocenters. The fourth-order valence-electron chi connectivity index (χ4n) is 2.52. The SMILES string of the molecule is C=C=C(C=C(C)Nc1cc(CCc2cccc(CO)c2)ccn1)CO. The molecular formula is C21H24N2O2. The monoisotopic (exact) mass is 336 g/mol. The maximum atomic E-state index is 9.22. The Kier molecular flexibility index (Phi) is 7.17. The number of hydrogen-bond acceptors (Lipinski definition) is 4. The molecule has 2 aromatic rings. The number of allylic oxidation sites excluding steroid dienone is 1. The molecule has 0 aliphatic heterocycles. The second-order valence-corrected chi connectivity index (χ2v) is 5.84. The minimum atomic E-state index is -0.0944. The molecule has 0 unspecified atom stereocenters. The van der Waals surface area contributed by atoms with Crippen LogP contribution in [0.3, 0.4) is 0 Å². The van der Waals surface area contributed by atoms with Gasteiger partial charge in [0.2, 0.25) is 0 Å². The van der Waals surface area contributed by atoms with Crippen molar-refractivity contribution in [3.05, 3.63) is 88.9 Å². The van der Waals surface area contributed by atoms with E-state index in [-0.39, 0.29) is 13.2 Å². The highest BCUT2D eigenvalue weighted by molar-refractivity contribution is 5.44. The quantitative estimate of drug-likeness (QED) is 0.511. The molecule has 130 valence electrons. The van der Waals surface area contributed by atoms with Crippen LogP contribution in [-0.4, -0.2) is 21.8 Å². The van der Waals surface area contributed by atoms with Crippen molar-refractivity contribution >= 4 is 5.82 Å². The maximum Gasteiger partial charge on any atom is 0.130 e. The second-order valence-electron chi connectivity index (χ2n) is 5.84. The maximum absolute atomic E-state index is 9.22. The van der Waals surface area contributed by atoms with Gasteiger partial charge >= 0.3 is 0 Å². The van der Waals surface area contributed by atoms with Crippen molar-refractivity contribution in [2.45, 2.75) is 26.4 Å². The molecule has 4 nitrogen and oxygen atoms in total. The van der Waals surface area contributed by atoms with Crippen LogP contribution in [0, 0.1) is 0 Å². The van der Waals surface area contributed by atoms with Crippen molar-refractivity contribution in [3.63, 3.8) is 0 Å². The number of aliphatic hydroxyl groups is 2. The summed E-state index contributed by atoms with van der Waals surface area (Å²) >= 11 is 0. The van der Waals surface area contributed by atoms with Crippen molar-refractivity contribution in [2.75, 3.05) is 11.9 Å². The van der Waals surface area contributed by atoms with Gasteiger partial charge in [0.25, 0.3) is 0 Å². The number of anilines is 1. The van der Waals surface area contributed by atoms with Crippen molar-refractivity contribution in [3.8, 4) is 0 Å². The van der Waals surface area contributed by atoms with E-state index in [2.05, 4.69) is 28.7 Å². The summed E-state index contributed by atoms with van der Waals surface area (Å²) in [5.74, 6) is 0.761. The first-order valence-electron chi connectivity index (χ1n) is 8.23. The zero-order valence-electron chi connectivity index (χ0n) is 14.5. The van der Waals surface area contributed by atoms with E-state index in [0.717, 1.165) is 29.9 Å². The predicted molar refractivity (Wildman–Crippen MR) is 101 cm³/mol. The fourth-order valence-corrected chi connectivity index (χ4v) is 2.52. The second kappa shape index (κ2) is 9.60. The third-order valence-corrected chi connectivity index (χ3v) is 3.81. The molecule has 2 rings (SSSR count). The number of hydrogen-bond donors (Lipinski definition) is 3. The van der Waals surface area contributed by atoms with Gasteiger partial charge in [0.05, 0.1) is 13.2 Å². The number of nitrogens with one attached hydrogen (secondary N) is 1. The third-order valence-electron chi connectivity index (χ3n) is 3.81. The summed E-state index contributed by atoms with van der Waals surface area (Å²) in [6.07, 6.45) is 5.37. The van der Waals surface area contributed by atoms with Gasteiger partial charge in [-0.15, -0.1) is 5.73 Å². The predicted octanol–water partition coefficient (Wildman–Crippen LogP) is 3.38. The van der Waals surface area contributed by atoms with Crippen molar-refractivity contribution in [2.24, 2.45) is 0 Å². The van der Waals surface area contributed by atoms with E-state index in [1.54, 1.807) is 12.3 Å². The number of aromatic nitrogens is 1. The number of rotatable bonds is 8. The van der Waals surface area contributed by atoms with Gasteiger partial charge in [-0.2, -0.15) is 0 Å². The lowest BCUT2D eigenvalue weighted by Crippen LogP contribution is -2.01. The Labute approximate surface area is 148 Å². The van der Waals surface area contributed by atoms with Gasteiger partial charge in [-0.3, -0.25) is 0 Å². The lowest BCUT2D eigenvalue weighted by atomic mass is 10.0. The zero-order valence-corrected chi connectivity index (χ0v) is 14.5. The Bertz CT molecular complexity index is 790. The number of benzene rings is 1. The summed E-state index contributed by atoms with van der Waals surface area (Å²) in [7, 11) is 0. The lowest BCUT2D eigenvalue weighted by Gasteiger charge is -2.09. The summed E-state index contributed by atoms with van der Waals surface area (Å²) in [5, 5.41) is 21.6. The van der Waals surface area contributed by atoms with E-state index < -0.39 is 0 Å². The van der Waals surface area contributed by atoms with Gasteiger partial charge in [-0.25, -0.2) is 4.98 Å². The van der Waals surface area contributed by atoms with Gasteiger partial charge in [0.1, 0.15) is 5.82 Å². The van der Waals surface area contributed by atoms with Crippen LogP contribution in [0.25, 0.3) is 0 Å². The largest absolute Gasteiger partial charge is 0.392 e. The molecule has 0 fully saturated rings. The standard InChI is InChI=1S/C21H24N2O2/c1-3-17(14-24)11-16(2)23-21-13-19(9-10-22-21)8-7-18-5-4-6-20(12-18)15-25/h4-6,9-13,24-25H,1,7-8,14-15H2,2H3,(H,22,23). The molecule has 0 spiro atoms. The van der Waals surface area contributed by atoms with E-state index in [1.807, 2.05) is 37.3 Å². The Morgan fingerprint density at radius 1 is 1.16 bits per heavy atom. The molecule has 0 amide bonds. The van der Waals surface area contributed by atoms with Crippen LogP contribution in [0.5, 0.6) is 0 Å². The van der Waals surface area contributed by atoms with Crippen LogP contribution in [0.4, 0.5) is 5.82 Å². The van der Waals surface area contributed by atoms with E-state index in [9.17, 15) is 5.11 Å². The fraction of sp³-hybridized carbons (Fsp3) is 0.238. The van der Waals surface area contributed by atoms with Crippen LogP contribution in [-0.2, 0) is 19.4 Å². The van der Waals surface area contributed by atoms with Crippen LogP contribution in [0.1, 0.15) is 23.6 Å². The molecule has 1 aromatic heterocycles. The Balaban J connectivity index is 2.02. The highest BCUT2D eigenvalue weighted by Crippen LogP contribution is 2.14. The lowest BCUT2D eigenvalue weighted by molar-refractivity contribution is 0.281. The van der Waals surface area contributed by atoms with E-state index in [0.29, 0.717) is 5.57 Å². The van der Waals surface area contributed by atoms with Crippen LogP contribution < -0.4 is 5.32 Å². The third kappa shape index (κ3) is 6.05. The smallest absolute Gasteiger partial charge is 0.130 e. The minimum Gasteiger partial charge on any atom is -0.392 e. The highest BCUT2D eigenvalue weighted by atomic mass is 16.3. The minimum absolute atomic E-state index is 0.0672. The molecule has 0 radical (unpaired) electrons. The van der Waals surface area contributed by atoms with Gasteiger partial charge in [-0.05, 0) is 54.7 Å². The Morgan fingerprint density at radius 3 is 2.56 bits per heavy atom. The normalized spacial score (nSPS) is 11.1. The van der Waals surface area contributed by atoms with Crippen molar-refractivity contribution in [1.29, 1.82) is 0 Å². The average Bonchev–Trinajstić information content (AvgIpc) is 2.65. The first kappa shape index (κ1) is 18.7. The van der Waals surface area contributed by atoms with E-state index in [1.165, 1.54) is 11.1 Å². The van der Waals surface area contributed by atoms with Crippen LogP contribution >= 0.6 is 0 Å². The summed E-state index contributed by atoms with van der Waals surface area (Å²) in [4.78, 5) is 4.33. The molecule has 0 aliphatic carbocycles. The first-order chi connectivity index (χ1) is 12.1. The Morgan fingerprint density at radius 2 is 1.88 bits per heavy atom. The molecule has 1 heterocycles. The number of pyridine rings is 1. The van der Waals surface area contributed by atoms with E-state index >= 15 is 0 Å². The summed E-state index contributed by atoms with van der Waals surface area (Å²) in [5.41, 5.74) is 7.50. The highest BCUT2D eigenvalue weighted by Gasteiger charge is 2.01. The molecule has 0 aliphatic rings. The molecule has 4 heteroatoms. The number of aliphatic hydroxyl groups excluding tert-OH is 2. The molecule has 0 bridgehead atoms. The average molecular weight is 336 g/mol. The van der Waals surface area contributed by atoms with Gasteiger partial charge in [0.15, 0.2) is 0 Å². The topological polar surface area (TPSA) is 65.4 Å². The molecule has 0 saturated heterocycles. The Hall–Kier alpha value is -2.65. The number of aryl methyl sites for hydroxylation is 2. The van der Waals surface area contributed by atoms with Gasteiger partial charge in [0, 0.05) is 17.5 Å². The van der Waals surface area contributed by atoms with Crippen LogP contribution in [0.2, 0.25) is 0 Å². The molecule has 1 aromatic carbocycles. The summed E-state index contributed by atoms with van der Waals surface area (Å²) in [6, 6.07) is 12.0. The van der Waals surface area contributed by atoms with Gasteiger partial charge < -0.3 is 15.5 Å². The first-order valence-corrected chi connectivity index (χ1v) is 8.23. The van der Waals surface area contributed by atoms with E-state index in [4.69, 9.17) is 5.11 Å². The molecular weight excluding hydrogens is 312 g/mol. The zero-order chi connectivity index (χ0) is 18.1. The number of nitrogens with zero attached hydrogens (tertiary/aromatic N) is 1. The van der Waals surface area contributed by atoms with Crippen molar-refractivity contribution < 1.29 is 10.2 Å². The van der Waals surface area contributed by atoms with Crippen molar-refractivity contribution in [1.82, 2.24) is 4.98 Å². The molecule has 0 saturated carbocycles. The molecule has 3 N–H and O–H groups in total. The van der Waals surface area contributed by atoms with Crippen LogP contribution in [0.15, 0.2) is 72.3 Å². The summed E-state index contributed by atoms with van der Waals surface area (Å²) < 4.78 is 0. The molecule has 25 heavy (non-hydrogen) atoms.